The second-order valence-electron chi connectivity index (χ2n) is 9.57. The molecule has 1 amide bonds. The van der Waals surface area contributed by atoms with Crippen molar-refractivity contribution < 1.29 is 4.79 Å². The van der Waals surface area contributed by atoms with E-state index >= 15 is 0 Å². The maximum absolute atomic E-state index is 11.8. The van der Waals surface area contributed by atoms with Gasteiger partial charge >= 0.3 is 0 Å². The number of carbonyl (C=O) groups is 1. The minimum Gasteiger partial charge on any atom is -0.382 e. The molecule has 188 valence electrons. The molecule has 0 saturated carbocycles. The molecular weight excluding hydrogens is 466 g/mol. The Balaban J connectivity index is 1.32. The van der Waals surface area contributed by atoms with Gasteiger partial charge in [-0.3, -0.25) is 19.4 Å². The summed E-state index contributed by atoms with van der Waals surface area (Å²) in [7, 11) is 1.68. The fourth-order valence-electron chi connectivity index (χ4n) is 5.27. The molecule has 0 atom stereocenters. The first-order valence-corrected chi connectivity index (χ1v) is 12.5. The number of hydrogen-bond donors (Lipinski definition) is 2. The number of rotatable bonds is 6. The Kier molecular flexibility index (Phi) is 6.01. The zero-order valence-corrected chi connectivity index (χ0v) is 20.7. The topological polar surface area (TPSA) is 119 Å². The Morgan fingerprint density at radius 3 is 2.84 bits per heavy atom. The average molecular weight is 496 g/mol. The quantitative estimate of drug-likeness (QED) is 0.372. The molecule has 0 unspecified atom stereocenters. The van der Waals surface area contributed by atoms with Gasteiger partial charge in [-0.1, -0.05) is 18.2 Å². The number of piperidine rings is 1. The summed E-state index contributed by atoms with van der Waals surface area (Å²) >= 11 is 0. The van der Waals surface area contributed by atoms with E-state index in [0.717, 1.165) is 64.7 Å². The lowest BCUT2D eigenvalue weighted by molar-refractivity contribution is -0.122. The Morgan fingerprint density at radius 1 is 1.19 bits per heavy atom. The third-order valence-corrected chi connectivity index (χ3v) is 7.20. The normalized spacial score (nSPS) is 14.9. The zero-order chi connectivity index (χ0) is 25.4. The number of pyridine rings is 1. The van der Waals surface area contributed by atoms with Crippen molar-refractivity contribution in [3.63, 3.8) is 0 Å². The van der Waals surface area contributed by atoms with E-state index in [1.807, 2.05) is 27.5 Å². The molecule has 5 heterocycles. The van der Waals surface area contributed by atoms with Gasteiger partial charge in [-0.05, 0) is 55.3 Å². The summed E-state index contributed by atoms with van der Waals surface area (Å²) in [5.41, 5.74) is 12.4. The van der Waals surface area contributed by atoms with Crippen LogP contribution in [0, 0.1) is 0 Å². The number of nitrogens with zero attached hydrogens (tertiary/aromatic N) is 7. The van der Waals surface area contributed by atoms with E-state index in [4.69, 9.17) is 10.8 Å². The molecule has 3 N–H and O–H groups in total. The second-order valence-corrected chi connectivity index (χ2v) is 9.57. The summed E-state index contributed by atoms with van der Waals surface area (Å²) in [6.07, 6.45) is 9.10. The van der Waals surface area contributed by atoms with Gasteiger partial charge in [0.05, 0.1) is 18.6 Å². The lowest BCUT2D eigenvalue weighted by Crippen LogP contribution is -2.40. The number of nitrogen functional groups attached to an aromatic ring is 1. The molecule has 1 aliphatic rings. The first kappa shape index (κ1) is 23.1. The minimum absolute atomic E-state index is 0.0488. The molecule has 10 heteroatoms. The molecule has 1 fully saturated rings. The molecular formula is C27H29N9O. The maximum Gasteiger partial charge on any atom is 0.233 e. The SMILES string of the molecule is CNC(=O)CN1CCC(c2cc(-c3ccc4cn(Cc5cccnc5)nc4c3)c3c(N)ncnn23)CC1. The van der Waals surface area contributed by atoms with Crippen LogP contribution in [-0.4, -0.2) is 66.9 Å². The fraction of sp³-hybridized carbons (Fsp3) is 0.296. The van der Waals surface area contributed by atoms with Crippen molar-refractivity contribution >= 4 is 28.1 Å². The number of aromatic nitrogens is 6. The Bertz CT molecular complexity index is 1570. The van der Waals surface area contributed by atoms with Gasteiger partial charge < -0.3 is 11.1 Å². The van der Waals surface area contributed by atoms with Crippen molar-refractivity contribution in [3.8, 4) is 11.1 Å². The molecule has 10 nitrogen and oxygen atoms in total. The van der Waals surface area contributed by atoms with Crippen LogP contribution < -0.4 is 11.1 Å². The lowest BCUT2D eigenvalue weighted by Gasteiger charge is -2.31. The van der Waals surface area contributed by atoms with Crippen LogP contribution in [0.4, 0.5) is 5.82 Å². The number of benzene rings is 1. The molecule has 0 aliphatic carbocycles. The van der Waals surface area contributed by atoms with E-state index < -0.39 is 0 Å². The van der Waals surface area contributed by atoms with Crippen molar-refractivity contribution in [1.82, 2.24) is 39.6 Å². The van der Waals surface area contributed by atoms with Crippen LogP contribution in [0.5, 0.6) is 0 Å². The van der Waals surface area contributed by atoms with Crippen LogP contribution in [0.25, 0.3) is 27.5 Å². The maximum atomic E-state index is 11.8. The first-order chi connectivity index (χ1) is 18.1. The predicted molar refractivity (Wildman–Crippen MR) is 142 cm³/mol. The van der Waals surface area contributed by atoms with Gasteiger partial charge in [0, 0.05) is 48.2 Å². The number of likely N-dealkylation sites (tertiary alicyclic amines) is 1. The Labute approximate surface area is 214 Å². The monoisotopic (exact) mass is 495 g/mol. The van der Waals surface area contributed by atoms with Crippen LogP contribution in [0.3, 0.4) is 0 Å². The highest BCUT2D eigenvalue weighted by molar-refractivity contribution is 5.92. The van der Waals surface area contributed by atoms with Crippen molar-refractivity contribution in [2.75, 3.05) is 32.4 Å². The molecule has 1 saturated heterocycles. The standard InChI is InChI=1S/C27H29N9O/c1-29-25(37)16-34-9-6-19(7-10-34)24-12-22(26-27(28)31-17-32-36(24)26)20-4-5-21-15-35(33-23(21)11-20)14-18-3-2-8-30-13-18/h2-5,8,11-13,15,17,19H,6-7,9-10,14,16H2,1H3,(H,29,37)(H2,28,31,32). The highest BCUT2D eigenvalue weighted by Gasteiger charge is 2.26. The highest BCUT2D eigenvalue weighted by Crippen LogP contribution is 2.37. The summed E-state index contributed by atoms with van der Waals surface area (Å²) in [6.45, 7) is 2.82. The van der Waals surface area contributed by atoms with Crippen molar-refractivity contribution in [2.45, 2.75) is 25.3 Å². The van der Waals surface area contributed by atoms with Gasteiger partial charge in [-0.2, -0.15) is 10.2 Å². The average Bonchev–Trinajstić information content (AvgIpc) is 3.51. The zero-order valence-electron chi connectivity index (χ0n) is 20.7. The number of amides is 1. The van der Waals surface area contributed by atoms with Gasteiger partial charge in [0.1, 0.15) is 11.8 Å². The number of fused-ring (bicyclic) bond motifs is 2. The lowest BCUT2D eigenvalue weighted by atomic mass is 9.93. The summed E-state index contributed by atoms with van der Waals surface area (Å²) in [5, 5.41) is 13.2. The molecule has 0 bridgehead atoms. The van der Waals surface area contributed by atoms with Gasteiger partial charge in [0.15, 0.2) is 5.82 Å². The molecule has 6 rings (SSSR count). The molecule has 4 aromatic heterocycles. The Morgan fingerprint density at radius 2 is 2.05 bits per heavy atom. The van der Waals surface area contributed by atoms with Crippen molar-refractivity contribution in [2.24, 2.45) is 0 Å². The number of carbonyl (C=O) groups excluding carboxylic acids is 1. The van der Waals surface area contributed by atoms with Crippen molar-refractivity contribution in [1.29, 1.82) is 0 Å². The molecule has 1 aliphatic heterocycles. The number of likely N-dealkylation sites (N-methyl/N-ethyl adjacent to an activating group) is 1. The van der Waals surface area contributed by atoms with E-state index in [2.05, 4.69) is 55.7 Å². The molecule has 0 radical (unpaired) electrons. The molecule has 0 spiro atoms. The van der Waals surface area contributed by atoms with Crippen LogP contribution in [0.15, 0.2) is 61.3 Å². The van der Waals surface area contributed by atoms with Gasteiger partial charge in [-0.25, -0.2) is 9.50 Å². The second kappa shape index (κ2) is 9.62. The third-order valence-electron chi connectivity index (χ3n) is 7.20. The molecule has 1 aromatic carbocycles. The van der Waals surface area contributed by atoms with E-state index in [0.29, 0.717) is 24.8 Å². The van der Waals surface area contributed by atoms with Crippen LogP contribution in [0.1, 0.15) is 30.0 Å². The van der Waals surface area contributed by atoms with E-state index in [1.54, 1.807) is 13.2 Å². The van der Waals surface area contributed by atoms with Crippen LogP contribution >= 0.6 is 0 Å². The minimum atomic E-state index is 0.0488. The van der Waals surface area contributed by atoms with Gasteiger partial charge in [-0.15, -0.1) is 0 Å². The summed E-state index contributed by atoms with van der Waals surface area (Å²) in [6, 6.07) is 12.5. The van der Waals surface area contributed by atoms with E-state index in [1.165, 1.54) is 6.33 Å². The summed E-state index contributed by atoms with van der Waals surface area (Å²) in [5.74, 6) is 0.821. The van der Waals surface area contributed by atoms with Crippen LogP contribution in [-0.2, 0) is 11.3 Å². The van der Waals surface area contributed by atoms with E-state index in [9.17, 15) is 4.79 Å². The van der Waals surface area contributed by atoms with Crippen molar-refractivity contribution in [3.05, 3.63) is 72.6 Å². The predicted octanol–water partition coefficient (Wildman–Crippen LogP) is 2.70. The summed E-state index contributed by atoms with van der Waals surface area (Å²) < 4.78 is 3.89. The van der Waals surface area contributed by atoms with Gasteiger partial charge in [0.2, 0.25) is 5.91 Å². The number of anilines is 1. The highest BCUT2D eigenvalue weighted by atomic mass is 16.1. The smallest absolute Gasteiger partial charge is 0.233 e. The largest absolute Gasteiger partial charge is 0.382 e. The summed E-state index contributed by atoms with van der Waals surface area (Å²) in [4.78, 5) is 22.5. The van der Waals surface area contributed by atoms with Gasteiger partial charge in [0.25, 0.3) is 0 Å². The van der Waals surface area contributed by atoms with E-state index in [-0.39, 0.29) is 5.91 Å². The van der Waals surface area contributed by atoms with Crippen LogP contribution in [0.2, 0.25) is 0 Å². The first-order valence-electron chi connectivity index (χ1n) is 12.5. The molecule has 5 aromatic rings. The Hall–Kier alpha value is -4.31. The third kappa shape index (κ3) is 4.51. The number of nitrogens with one attached hydrogen (secondary N) is 1. The molecule has 37 heavy (non-hydrogen) atoms. The number of hydrogen-bond acceptors (Lipinski definition) is 7. The number of nitrogens with two attached hydrogens (primary N) is 1. The fourth-order valence-corrected chi connectivity index (χ4v) is 5.27.